The third kappa shape index (κ3) is 2.84. The Bertz CT molecular complexity index is 604. The van der Waals surface area contributed by atoms with Crippen molar-refractivity contribution in [3.63, 3.8) is 0 Å². The molecule has 104 valence electrons. The molecule has 1 N–H and O–H groups in total. The summed E-state index contributed by atoms with van der Waals surface area (Å²) in [5.74, 6) is 0.672. The Labute approximate surface area is 116 Å². The molecule has 2 aromatic rings. The third-order valence-electron chi connectivity index (χ3n) is 3.68. The Morgan fingerprint density at radius 3 is 2.50 bits per heavy atom. The van der Waals surface area contributed by atoms with Crippen molar-refractivity contribution < 1.29 is 0 Å². The van der Waals surface area contributed by atoms with E-state index in [4.69, 9.17) is 0 Å². The van der Waals surface area contributed by atoms with Gasteiger partial charge in [0.15, 0.2) is 0 Å². The van der Waals surface area contributed by atoms with Gasteiger partial charge in [-0.1, -0.05) is 0 Å². The van der Waals surface area contributed by atoms with E-state index < -0.39 is 0 Å². The van der Waals surface area contributed by atoms with E-state index in [1.54, 1.807) is 41.5 Å². The number of aromatic nitrogens is 4. The normalized spacial score (nSPS) is 22.4. The van der Waals surface area contributed by atoms with Crippen molar-refractivity contribution in [2.75, 3.05) is 5.32 Å². The number of hydrogen-bond donors (Lipinski definition) is 1. The zero-order chi connectivity index (χ0) is 13.8. The molecule has 0 aliphatic heterocycles. The van der Waals surface area contributed by atoms with Crippen LogP contribution in [0.2, 0.25) is 0 Å². The molecule has 0 amide bonds. The van der Waals surface area contributed by atoms with Crippen molar-refractivity contribution in [1.82, 2.24) is 19.7 Å². The molecule has 0 aromatic carbocycles. The van der Waals surface area contributed by atoms with Crippen LogP contribution in [0.5, 0.6) is 0 Å². The highest BCUT2D eigenvalue weighted by molar-refractivity contribution is 5.24. The molecule has 0 unspecified atom stereocenters. The zero-order valence-corrected chi connectivity index (χ0v) is 11.1. The Balaban J connectivity index is 1.60. The fourth-order valence-electron chi connectivity index (χ4n) is 2.66. The Morgan fingerprint density at radius 1 is 1.05 bits per heavy atom. The summed E-state index contributed by atoms with van der Waals surface area (Å²) >= 11 is 0. The van der Waals surface area contributed by atoms with E-state index in [1.165, 1.54) is 0 Å². The van der Waals surface area contributed by atoms with Crippen molar-refractivity contribution >= 4 is 5.95 Å². The maximum atomic E-state index is 11.8. The van der Waals surface area contributed by atoms with E-state index in [-0.39, 0.29) is 11.6 Å². The lowest BCUT2D eigenvalue weighted by Gasteiger charge is -2.29. The van der Waals surface area contributed by atoms with Gasteiger partial charge in [-0.15, -0.1) is 0 Å². The second kappa shape index (κ2) is 5.81. The highest BCUT2D eigenvalue weighted by atomic mass is 16.1. The fourth-order valence-corrected chi connectivity index (χ4v) is 2.66. The van der Waals surface area contributed by atoms with Crippen LogP contribution >= 0.6 is 0 Å². The van der Waals surface area contributed by atoms with E-state index in [2.05, 4.69) is 20.4 Å². The van der Waals surface area contributed by atoms with Crippen LogP contribution in [-0.4, -0.2) is 25.8 Å². The lowest BCUT2D eigenvalue weighted by molar-refractivity contribution is 0.303. The standard InChI is InChI=1S/C14H17N5O/c20-13-3-1-10-17-19(13)12-6-4-11(5-7-12)18-14-15-8-2-9-16-14/h1-3,8-12H,4-7H2,(H,15,16,18). The van der Waals surface area contributed by atoms with E-state index >= 15 is 0 Å². The first-order valence-corrected chi connectivity index (χ1v) is 6.90. The van der Waals surface area contributed by atoms with Gasteiger partial charge in [0, 0.05) is 30.7 Å². The van der Waals surface area contributed by atoms with Crippen LogP contribution in [0.25, 0.3) is 0 Å². The van der Waals surface area contributed by atoms with Crippen LogP contribution in [0.1, 0.15) is 31.7 Å². The van der Waals surface area contributed by atoms with Crippen molar-refractivity contribution in [3.05, 3.63) is 47.1 Å². The first kappa shape index (κ1) is 12.8. The summed E-state index contributed by atoms with van der Waals surface area (Å²) in [5, 5.41) is 7.51. The highest BCUT2D eigenvalue weighted by Crippen LogP contribution is 2.27. The molecular formula is C14H17N5O. The van der Waals surface area contributed by atoms with Crippen LogP contribution in [0.15, 0.2) is 41.6 Å². The van der Waals surface area contributed by atoms with Gasteiger partial charge in [-0.05, 0) is 37.8 Å². The minimum atomic E-state index is -0.0182. The molecular weight excluding hydrogens is 254 g/mol. The first-order chi connectivity index (χ1) is 9.83. The largest absolute Gasteiger partial charge is 0.351 e. The molecule has 20 heavy (non-hydrogen) atoms. The smallest absolute Gasteiger partial charge is 0.266 e. The fraction of sp³-hybridized carbons (Fsp3) is 0.429. The Hall–Kier alpha value is -2.24. The molecule has 0 spiro atoms. The van der Waals surface area contributed by atoms with Gasteiger partial charge in [-0.3, -0.25) is 4.79 Å². The average Bonchev–Trinajstić information content (AvgIpc) is 2.50. The van der Waals surface area contributed by atoms with Crippen LogP contribution in [0, 0.1) is 0 Å². The average molecular weight is 271 g/mol. The van der Waals surface area contributed by atoms with Crippen LogP contribution < -0.4 is 10.9 Å². The molecule has 0 atom stereocenters. The molecule has 6 heteroatoms. The van der Waals surface area contributed by atoms with Gasteiger partial charge in [0.25, 0.3) is 5.56 Å². The van der Waals surface area contributed by atoms with Gasteiger partial charge in [-0.2, -0.15) is 5.10 Å². The summed E-state index contributed by atoms with van der Waals surface area (Å²) in [7, 11) is 0. The number of anilines is 1. The first-order valence-electron chi connectivity index (χ1n) is 6.90. The molecule has 0 radical (unpaired) electrons. The summed E-state index contributed by atoms with van der Waals surface area (Å²) in [6.07, 6.45) is 9.01. The molecule has 1 aliphatic rings. The SMILES string of the molecule is O=c1cccnn1C1CCC(Nc2ncccn2)CC1. The second-order valence-electron chi connectivity index (χ2n) is 5.03. The molecule has 2 aromatic heterocycles. The van der Waals surface area contributed by atoms with Gasteiger partial charge in [0.2, 0.25) is 5.95 Å². The van der Waals surface area contributed by atoms with E-state index in [0.717, 1.165) is 25.7 Å². The minimum absolute atomic E-state index is 0.0182. The van der Waals surface area contributed by atoms with Crippen LogP contribution in [0.3, 0.4) is 0 Å². The second-order valence-corrected chi connectivity index (χ2v) is 5.03. The summed E-state index contributed by atoms with van der Waals surface area (Å²) in [6, 6.07) is 5.62. The van der Waals surface area contributed by atoms with Crippen molar-refractivity contribution in [2.45, 2.75) is 37.8 Å². The summed E-state index contributed by atoms with van der Waals surface area (Å²) in [4.78, 5) is 20.1. The lowest BCUT2D eigenvalue weighted by atomic mass is 9.91. The van der Waals surface area contributed by atoms with Gasteiger partial charge < -0.3 is 5.32 Å². The molecule has 2 heterocycles. The summed E-state index contributed by atoms with van der Waals surface area (Å²) in [6.45, 7) is 0. The van der Waals surface area contributed by atoms with Gasteiger partial charge in [0.1, 0.15) is 0 Å². The number of nitrogens with one attached hydrogen (secondary N) is 1. The summed E-state index contributed by atoms with van der Waals surface area (Å²) in [5.41, 5.74) is -0.0182. The van der Waals surface area contributed by atoms with E-state index in [1.807, 2.05) is 0 Å². The quantitative estimate of drug-likeness (QED) is 0.918. The van der Waals surface area contributed by atoms with Gasteiger partial charge >= 0.3 is 0 Å². The molecule has 0 bridgehead atoms. The molecule has 3 rings (SSSR count). The van der Waals surface area contributed by atoms with Gasteiger partial charge in [0.05, 0.1) is 6.04 Å². The van der Waals surface area contributed by atoms with E-state index in [0.29, 0.717) is 12.0 Å². The van der Waals surface area contributed by atoms with Gasteiger partial charge in [-0.25, -0.2) is 14.6 Å². The maximum absolute atomic E-state index is 11.8. The molecule has 0 saturated heterocycles. The zero-order valence-electron chi connectivity index (χ0n) is 11.1. The molecule has 1 saturated carbocycles. The topological polar surface area (TPSA) is 72.7 Å². The maximum Gasteiger partial charge on any atom is 0.266 e. The highest BCUT2D eigenvalue weighted by Gasteiger charge is 2.23. The number of rotatable bonds is 3. The van der Waals surface area contributed by atoms with Crippen LogP contribution in [-0.2, 0) is 0 Å². The minimum Gasteiger partial charge on any atom is -0.351 e. The predicted molar refractivity (Wildman–Crippen MR) is 75.4 cm³/mol. The molecule has 1 fully saturated rings. The Kier molecular flexibility index (Phi) is 3.71. The Morgan fingerprint density at radius 2 is 1.80 bits per heavy atom. The lowest BCUT2D eigenvalue weighted by Crippen LogP contribution is -2.33. The molecule has 6 nitrogen and oxygen atoms in total. The number of nitrogens with zero attached hydrogens (tertiary/aromatic N) is 4. The summed E-state index contributed by atoms with van der Waals surface area (Å²) < 4.78 is 1.61. The molecule has 1 aliphatic carbocycles. The van der Waals surface area contributed by atoms with Crippen molar-refractivity contribution in [2.24, 2.45) is 0 Å². The van der Waals surface area contributed by atoms with E-state index in [9.17, 15) is 4.79 Å². The monoisotopic (exact) mass is 271 g/mol. The van der Waals surface area contributed by atoms with Crippen LogP contribution in [0.4, 0.5) is 5.95 Å². The number of hydrogen-bond acceptors (Lipinski definition) is 5. The van der Waals surface area contributed by atoms with Crippen molar-refractivity contribution in [3.8, 4) is 0 Å². The predicted octanol–water partition coefficient (Wildman–Crippen LogP) is 1.63. The third-order valence-corrected chi connectivity index (χ3v) is 3.68. The van der Waals surface area contributed by atoms with Crippen molar-refractivity contribution in [1.29, 1.82) is 0 Å².